The van der Waals surface area contributed by atoms with Crippen molar-refractivity contribution in [1.29, 1.82) is 0 Å². The van der Waals surface area contributed by atoms with Crippen LogP contribution in [0.2, 0.25) is 5.02 Å². The lowest BCUT2D eigenvalue weighted by Crippen LogP contribution is -2.32. The molecule has 2 amide bonds. The van der Waals surface area contributed by atoms with Crippen LogP contribution in [0.3, 0.4) is 0 Å². The minimum Gasteiger partial charge on any atom is -0.497 e. The van der Waals surface area contributed by atoms with Gasteiger partial charge in [0, 0.05) is 29.1 Å². The van der Waals surface area contributed by atoms with Gasteiger partial charge in [-0.05, 0) is 49.4 Å². The number of nitrogens with one attached hydrogen (secondary N) is 2. The first kappa shape index (κ1) is 20.6. The number of carbonyl (C=O) groups is 2. The molecule has 0 radical (unpaired) electrons. The van der Waals surface area contributed by atoms with Gasteiger partial charge >= 0.3 is 0 Å². The molecule has 0 aliphatic carbocycles. The molecule has 0 saturated heterocycles. The molecule has 0 spiro atoms. The number of methoxy groups -OCH3 is 2. The number of rotatable bonds is 8. The predicted octanol–water partition coefficient (Wildman–Crippen LogP) is 3.35. The van der Waals surface area contributed by atoms with E-state index < -0.39 is 0 Å². The van der Waals surface area contributed by atoms with Gasteiger partial charge in [0.05, 0.1) is 20.3 Å². The van der Waals surface area contributed by atoms with Crippen molar-refractivity contribution < 1.29 is 19.1 Å². The van der Waals surface area contributed by atoms with E-state index in [-0.39, 0.29) is 30.8 Å². The highest BCUT2D eigenvalue weighted by Crippen LogP contribution is 2.29. The maximum Gasteiger partial charge on any atom is 0.251 e. The number of halogens is 1. The zero-order chi connectivity index (χ0) is 19.8. The number of amides is 2. The fourth-order valence-corrected chi connectivity index (χ4v) is 2.69. The van der Waals surface area contributed by atoms with Gasteiger partial charge in [-0.2, -0.15) is 0 Å². The second-order valence-corrected chi connectivity index (χ2v) is 6.35. The fraction of sp³-hybridized carbons (Fsp3) is 0.300. The van der Waals surface area contributed by atoms with Crippen molar-refractivity contribution >= 4 is 23.4 Å². The monoisotopic (exact) mass is 390 g/mol. The van der Waals surface area contributed by atoms with Gasteiger partial charge in [-0.15, -0.1) is 0 Å². The molecular formula is C20H23ClN2O4. The van der Waals surface area contributed by atoms with Crippen LogP contribution in [0.5, 0.6) is 11.5 Å². The second kappa shape index (κ2) is 9.83. The van der Waals surface area contributed by atoms with Gasteiger partial charge in [0.15, 0.2) is 0 Å². The van der Waals surface area contributed by atoms with E-state index in [1.54, 1.807) is 50.6 Å². The van der Waals surface area contributed by atoms with Gasteiger partial charge in [-0.3, -0.25) is 9.59 Å². The van der Waals surface area contributed by atoms with E-state index in [2.05, 4.69) is 10.6 Å². The summed E-state index contributed by atoms with van der Waals surface area (Å²) in [5, 5.41) is 6.18. The minimum absolute atomic E-state index is 0.163. The predicted molar refractivity (Wildman–Crippen MR) is 105 cm³/mol. The van der Waals surface area contributed by atoms with E-state index in [1.807, 2.05) is 13.0 Å². The van der Waals surface area contributed by atoms with Crippen LogP contribution in [-0.4, -0.2) is 32.6 Å². The van der Waals surface area contributed by atoms with E-state index in [0.29, 0.717) is 22.1 Å². The standard InChI is InChI=1S/C20H23ClN2O4/c1-13(17-12-16(26-2)8-9-18(17)27-3)23-19(24)10-11-22-20(25)14-4-6-15(21)7-5-14/h4-9,12-13H,10-11H2,1-3H3,(H,22,25)(H,23,24)/t13-/m1/s1. The molecule has 2 rings (SSSR count). The second-order valence-electron chi connectivity index (χ2n) is 5.91. The number of hydrogen-bond acceptors (Lipinski definition) is 4. The van der Waals surface area contributed by atoms with Gasteiger partial charge in [0.2, 0.25) is 5.91 Å². The van der Waals surface area contributed by atoms with E-state index >= 15 is 0 Å². The highest BCUT2D eigenvalue weighted by Gasteiger charge is 2.15. The third kappa shape index (κ3) is 5.89. The summed E-state index contributed by atoms with van der Waals surface area (Å²) in [5.41, 5.74) is 1.31. The molecule has 6 nitrogen and oxygen atoms in total. The van der Waals surface area contributed by atoms with Crippen molar-refractivity contribution in [2.24, 2.45) is 0 Å². The molecule has 7 heteroatoms. The minimum atomic E-state index is -0.269. The number of carbonyl (C=O) groups excluding carboxylic acids is 2. The van der Waals surface area contributed by atoms with Crippen LogP contribution >= 0.6 is 11.6 Å². The van der Waals surface area contributed by atoms with Crippen LogP contribution in [0, 0.1) is 0 Å². The number of hydrogen-bond donors (Lipinski definition) is 2. The zero-order valence-electron chi connectivity index (χ0n) is 15.5. The molecule has 0 aliphatic heterocycles. The molecular weight excluding hydrogens is 368 g/mol. The molecule has 2 aromatic rings. The Hall–Kier alpha value is -2.73. The van der Waals surface area contributed by atoms with Crippen molar-refractivity contribution in [3.8, 4) is 11.5 Å². The summed E-state index contributed by atoms with van der Waals surface area (Å²) in [6.07, 6.45) is 0.163. The largest absolute Gasteiger partial charge is 0.497 e. The van der Waals surface area contributed by atoms with Crippen molar-refractivity contribution in [3.63, 3.8) is 0 Å². The van der Waals surface area contributed by atoms with Crippen molar-refractivity contribution in [2.45, 2.75) is 19.4 Å². The Bertz CT molecular complexity index is 793. The fourth-order valence-electron chi connectivity index (χ4n) is 2.56. The summed E-state index contributed by atoms with van der Waals surface area (Å²) in [7, 11) is 3.16. The topological polar surface area (TPSA) is 76.7 Å². The maximum absolute atomic E-state index is 12.2. The SMILES string of the molecule is COc1ccc(OC)c([C@@H](C)NC(=O)CCNC(=O)c2ccc(Cl)cc2)c1. The highest BCUT2D eigenvalue weighted by atomic mass is 35.5. The quantitative estimate of drug-likeness (QED) is 0.724. The molecule has 0 aromatic heterocycles. The summed E-state index contributed by atoms with van der Waals surface area (Å²) in [5.74, 6) is 0.924. The molecule has 2 N–H and O–H groups in total. The third-order valence-electron chi connectivity index (χ3n) is 4.02. The Labute approximate surface area is 163 Å². The summed E-state index contributed by atoms with van der Waals surface area (Å²) in [6, 6.07) is 11.7. The van der Waals surface area contributed by atoms with Gasteiger partial charge in [0.25, 0.3) is 5.91 Å². The first-order chi connectivity index (χ1) is 12.9. The molecule has 27 heavy (non-hydrogen) atoms. The van der Waals surface area contributed by atoms with Gasteiger partial charge in [0.1, 0.15) is 11.5 Å². The van der Waals surface area contributed by atoms with E-state index in [4.69, 9.17) is 21.1 Å². The lowest BCUT2D eigenvalue weighted by atomic mass is 10.1. The zero-order valence-corrected chi connectivity index (χ0v) is 16.3. The molecule has 0 heterocycles. The van der Waals surface area contributed by atoms with Crippen LogP contribution in [-0.2, 0) is 4.79 Å². The Kier molecular flexibility index (Phi) is 7.49. The van der Waals surface area contributed by atoms with Crippen LogP contribution in [0.15, 0.2) is 42.5 Å². The van der Waals surface area contributed by atoms with Crippen LogP contribution in [0.4, 0.5) is 0 Å². The molecule has 0 fully saturated rings. The molecule has 0 bridgehead atoms. The normalized spacial score (nSPS) is 11.4. The van der Waals surface area contributed by atoms with E-state index in [0.717, 1.165) is 5.56 Å². The first-order valence-corrected chi connectivity index (χ1v) is 8.87. The summed E-state index contributed by atoms with van der Waals surface area (Å²) in [4.78, 5) is 24.2. The third-order valence-corrected chi connectivity index (χ3v) is 4.28. The molecule has 144 valence electrons. The van der Waals surface area contributed by atoms with Gasteiger partial charge in [-0.25, -0.2) is 0 Å². The van der Waals surface area contributed by atoms with Gasteiger partial charge in [-0.1, -0.05) is 11.6 Å². The molecule has 1 atom stereocenters. The maximum atomic E-state index is 12.2. The highest BCUT2D eigenvalue weighted by molar-refractivity contribution is 6.30. The molecule has 0 aliphatic rings. The van der Waals surface area contributed by atoms with Crippen molar-refractivity contribution in [1.82, 2.24) is 10.6 Å². The molecule has 2 aromatic carbocycles. The lowest BCUT2D eigenvalue weighted by Gasteiger charge is -2.18. The summed E-state index contributed by atoms with van der Waals surface area (Å²) < 4.78 is 10.6. The average molecular weight is 391 g/mol. The number of ether oxygens (including phenoxy) is 2. The smallest absolute Gasteiger partial charge is 0.251 e. The Morgan fingerprint density at radius 1 is 1.07 bits per heavy atom. The van der Waals surface area contributed by atoms with Crippen molar-refractivity contribution in [3.05, 3.63) is 58.6 Å². The Morgan fingerprint density at radius 2 is 1.78 bits per heavy atom. The van der Waals surface area contributed by atoms with E-state index in [1.165, 1.54) is 0 Å². The van der Waals surface area contributed by atoms with Crippen LogP contribution in [0.1, 0.15) is 35.3 Å². The molecule has 0 unspecified atom stereocenters. The average Bonchev–Trinajstić information content (AvgIpc) is 2.67. The van der Waals surface area contributed by atoms with E-state index in [9.17, 15) is 9.59 Å². The summed E-state index contributed by atoms with van der Waals surface area (Å²) >= 11 is 5.80. The van der Waals surface area contributed by atoms with Crippen LogP contribution < -0.4 is 20.1 Å². The lowest BCUT2D eigenvalue weighted by molar-refractivity contribution is -0.121. The summed E-state index contributed by atoms with van der Waals surface area (Å²) in [6.45, 7) is 2.09. The number of benzene rings is 2. The molecule has 0 saturated carbocycles. The van der Waals surface area contributed by atoms with Crippen molar-refractivity contribution in [2.75, 3.05) is 20.8 Å². The van der Waals surface area contributed by atoms with Crippen LogP contribution in [0.25, 0.3) is 0 Å². The first-order valence-electron chi connectivity index (χ1n) is 8.49. The van der Waals surface area contributed by atoms with Gasteiger partial charge < -0.3 is 20.1 Å². The Morgan fingerprint density at radius 3 is 2.41 bits per heavy atom. The Balaban J connectivity index is 1.86.